The quantitative estimate of drug-likeness (QED) is 0.272. The van der Waals surface area contributed by atoms with Gasteiger partial charge in [0.25, 0.3) is 0 Å². The lowest BCUT2D eigenvalue weighted by atomic mass is 9.84. The molecule has 7 N–H and O–H groups in total. The molecule has 0 bridgehead atoms. The molecule has 0 amide bonds. The molecule has 0 aromatic heterocycles. The molecule has 0 aromatic rings. The Labute approximate surface area is 74.9 Å². The summed E-state index contributed by atoms with van der Waals surface area (Å²) in [4.78, 5) is 0. The number of nitrogens with two attached hydrogens (primary N) is 2. The zero-order chi connectivity index (χ0) is 9.46. The van der Waals surface area contributed by atoms with Crippen LogP contribution in [0.15, 0.2) is 0 Å². The molecule has 0 saturated heterocycles. The van der Waals surface area contributed by atoms with E-state index >= 15 is 0 Å². The van der Waals surface area contributed by atoms with E-state index in [9.17, 15) is 15.3 Å². The Morgan fingerprint density at radius 1 is 0.833 bits per heavy atom. The maximum Gasteiger partial charge on any atom is 0.0906 e. The van der Waals surface area contributed by atoms with E-state index in [1.165, 1.54) is 0 Å². The molecule has 1 saturated carbocycles. The SMILES string of the molecule is N[C@@H]1C(O)[C@H](N)[C@@H](O)C(Cl)[C@H]1O. The molecule has 0 spiro atoms. The van der Waals surface area contributed by atoms with Crippen molar-refractivity contribution in [2.75, 3.05) is 0 Å². The molecule has 0 heterocycles. The number of hydrogen-bond donors (Lipinski definition) is 5. The van der Waals surface area contributed by atoms with Crippen molar-refractivity contribution in [1.82, 2.24) is 0 Å². The molecule has 1 fully saturated rings. The standard InChI is InChI=1S/C6H13ClN2O3/c7-1-4(10)2(8)6(12)3(9)5(1)11/h1-6,10-12H,8-9H2/t1?,2-,3+,4+,5-,6?. The van der Waals surface area contributed by atoms with Gasteiger partial charge in [-0.25, -0.2) is 0 Å². The van der Waals surface area contributed by atoms with Gasteiger partial charge in [-0.05, 0) is 0 Å². The highest BCUT2D eigenvalue weighted by molar-refractivity contribution is 6.21. The fraction of sp³-hybridized carbons (Fsp3) is 1.00. The van der Waals surface area contributed by atoms with E-state index in [2.05, 4.69) is 0 Å². The van der Waals surface area contributed by atoms with E-state index in [0.717, 1.165) is 0 Å². The normalized spacial score (nSPS) is 55.5. The van der Waals surface area contributed by atoms with Crippen LogP contribution in [0.5, 0.6) is 0 Å². The van der Waals surface area contributed by atoms with Crippen LogP contribution in [0.25, 0.3) is 0 Å². The van der Waals surface area contributed by atoms with Crippen LogP contribution < -0.4 is 11.5 Å². The Morgan fingerprint density at radius 3 is 1.50 bits per heavy atom. The number of aliphatic hydroxyl groups excluding tert-OH is 3. The van der Waals surface area contributed by atoms with Gasteiger partial charge >= 0.3 is 0 Å². The largest absolute Gasteiger partial charge is 0.390 e. The molecule has 6 heteroatoms. The molecular weight excluding hydrogens is 184 g/mol. The van der Waals surface area contributed by atoms with Crippen LogP contribution in [0, 0.1) is 0 Å². The Hall–Kier alpha value is 0.0900. The van der Waals surface area contributed by atoms with Crippen LogP contribution in [0.3, 0.4) is 0 Å². The Morgan fingerprint density at radius 2 is 1.17 bits per heavy atom. The van der Waals surface area contributed by atoms with E-state index in [1.807, 2.05) is 0 Å². The topological polar surface area (TPSA) is 113 Å². The van der Waals surface area contributed by atoms with Crippen molar-refractivity contribution in [2.45, 2.75) is 35.8 Å². The molecule has 2 unspecified atom stereocenters. The summed E-state index contributed by atoms with van der Waals surface area (Å²) in [6.07, 6.45) is -3.38. The Bertz CT molecular complexity index is 112. The van der Waals surface area contributed by atoms with Gasteiger partial charge < -0.3 is 26.8 Å². The molecular formula is C6H13ClN2O3. The van der Waals surface area contributed by atoms with Gasteiger partial charge in [-0.15, -0.1) is 11.6 Å². The van der Waals surface area contributed by atoms with Gasteiger partial charge in [0.1, 0.15) is 0 Å². The van der Waals surface area contributed by atoms with E-state index in [-0.39, 0.29) is 0 Å². The van der Waals surface area contributed by atoms with Gasteiger partial charge in [-0.1, -0.05) is 0 Å². The van der Waals surface area contributed by atoms with E-state index in [4.69, 9.17) is 23.1 Å². The van der Waals surface area contributed by atoms with Gasteiger partial charge in [0, 0.05) is 0 Å². The minimum absolute atomic E-state index is 0.897. The maximum atomic E-state index is 9.28. The summed E-state index contributed by atoms with van der Waals surface area (Å²) in [6.45, 7) is 0. The van der Waals surface area contributed by atoms with Crippen LogP contribution in [-0.2, 0) is 0 Å². The lowest BCUT2D eigenvalue weighted by Crippen LogP contribution is -2.67. The van der Waals surface area contributed by atoms with Crippen molar-refractivity contribution < 1.29 is 15.3 Å². The minimum atomic E-state index is -1.13. The first-order chi connectivity index (χ1) is 5.46. The lowest BCUT2D eigenvalue weighted by Gasteiger charge is -2.40. The third kappa shape index (κ3) is 1.44. The summed E-state index contributed by atoms with van der Waals surface area (Å²) >= 11 is 5.60. The molecule has 5 nitrogen and oxygen atoms in total. The third-order valence-electron chi connectivity index (χ3n) is 2.23. The molecule has 72 valence electrons. The molecule has 1 aliphatic carbocycles. The average molecular weight is 197 g/mol. The van der Waals surface area contributed by atoms with E-state index in [0.29, 0.717) is 0 Å². The minimum Gasteiger partial charge on any atom is -0.390 e. The van der Waals surface area contributed by atoms with Gasteiger partial charge in [0.15, 0.2) is 0 Å². The highest BCUT2D eigenvalue weighted by atomic mass is 35.5. The van der Waals surface area contributed by atoms with Crippen molar-refractivity contribution in [3.8, 4) is 0 Å². The molecule has 0 radical (unpaired) electrons. The van der Waals surface area contributed by atoms with Crippen molar-refractivity contribution in [2.24, 2.45) is 11.5 Å². The number of rotatable bonds is 0. The highest BCUT2D eigenvalue weighted by Gasteiger charge is 2.45. The number of aliphatic hydroxyl groups is 3. The zero-order valence-corrected chi connectivity index (χ0v) is 7.09. The molecule has 0 aromatic carbocycles. The Balaban J connectivity index is 2.76. The molecule has 1 rings (SSSR count). The van der Waals surface area contributed by atoms with Crippen LogP contribution in [0.4, 0.5) is 0 Å². The predicted molar refractivity (Wildman–Crippen MR) is 43.6 cm³/mol. The van der Waals surface area contributed by atoms with Crippen molar-refractivity contribution in [3.05, 3.63) is 0 Å². The van der Waals surface area contributed by atoms with E-state index in [1.54, 1.807) is 0 Å². The van der Waals surface area contributed by atoms with Crippen LogP contribution in [0.2, 0.25) is 0 Å². The fourth-order valence-electron chi connectivity index (χ4n) is 1.29. The first-order valence-corrected chi connectivity index (χ1v) is 4.10. The first kappa shape index (κ1) is 10.2. The second kappa shape index (κ2) is 3.45. The first-order valence-electron chi connectivity index (χ1n) is 3.66. The van der Waals surface area contributed by atoms with Crippen LogP contribution in [-0.4, -0.2) is 51.1 Å². The predicted octanol–water partition coefficient (Wildman–Crippen LogP) is -2.66. The maximum absolute atomic E-state index is 9.28. The Kier molecular flexibility index (Phi) is 2.92. The third-order valence-corrected chi connectivity index (χ3v) is 2.75. The summed E-state index contributed by atoms with van der Waals surface area (Å²) in [5.41, 5.74) is 10.8. The summed E-state index contributed by atoms with van der Waals surface area (Å²) < 4.78 is 0. The number of alkyl halides is 1. The van der Waals surface area contributed by atoms with Crippen molar-refractivity contribution >= 4 is 11.6 Å². The summed E-state index contributed by atoms with van der Waals surface area (Å²) in [5.74, 6) is 0. The van der Waals surface area contributed by atoms with Gasteiger partial charge in [0.05, 0.1) is 35.8 Å². The number of hydrogen-bond acceptors (Lipinski definition) is 5. The van der Waals surface area contributed by atoms with Gasteiger partial charge in [-0.2, -0.15) is 0 Å². The fourth-order valence-corrected chi connectivity index (χ4v) is 1.62. The molecule has 0 aliphatic heterocycles. The second-order valence-corrected chi connectivity index (χ2v) is 3.57. The molecule has 6 atom stereocenters. The lowest BCUT2D eigenvalue weighted by molar-refractivity contribution is -0.0521. The number of halogens is 1. The molecule has 12 heavy (non-hydrogen) atoms. The van der Waals surface area contributed by atoms with Crippen molar-refractivity contribution in [1.29, 1.82) is 0 Å². The summed E-state index contributed by atoms with van der Waals surface area (Å²) in [7, 11) is 0. The summed E-state index contributed by atoms with van der Waals surface area (Å²) in [5, 5.41) is 26.9. The smallest absolute Gasteiger partial charge is 0.0906 e. The van der Waals surface area contributed by atoms with Crippen molar-refractivity contribution in [3.63, 3.8) is 0 Å². The molecule has 1 aliphatic rings. The van der Waals surface area contributed by atoms with Gasteiger partial charge in [-0.3, -0.25) is 0 Å². The average Bonchev–Trinajstić information content (AvgIpc) is 2.08. The second-order valence-electron chi connectivity index (χ2n) is 3.07. The summed E-state index contributed by atoms with van der Waals surface area (Å²) in [6, 6.07) is -1.79. The zero-order valence-electron chi connectivity index (χ0n) is 6.34. The highest BCUT2D eigenvalue weighted by Crippen LogP contribution is 2.22. The van der Waals surface area contributed by atoms with Gasteiger partial charge in [0.2, 0.25) is 0 Å². The monoisotopic (exact) mass is 196 g/mol. The van der Waals surface area contributed by atoms with Crippen LogP contribution in [0.1, 0.15) is 0 Å². The van der Waals surface area contributed by atoms with Crippen LogP contribution >= 0.6 is 11.6 Å². The van der Waals surface area contributed by atoms with E-state index < -0.39 is 35.8 Å².